The number of nitrogens with zero attached hydrogens (tertiary/aromatic N) is 2. The highest BCUT2D eigenvalue weighted by molar-refractivity contribution is 5.99. The van der Waals surface area contributed by atoms with Crippen LogP contribution in [-0.4, -0.2) is 92.2 Å². The van der Waals surface area contributed by atoms with Crippen LogP contribution in [0.1, 0.15) is 52.9 Å². The van der Waals surface area contributed by atoms with Crippen molar-refractivity contribution in [2.24, 2.45) is 0 Å². The van der Waals surface area contributed by atoms with Crippen LogP contribution >= 0.6 is 0 Å². The Kier molecular flexibility index (Phi) is 12.3. The summed E-state index contributed by atoms with van der Waals surface area (Å²) >= 11 is 0. The predicted octanol–water partition coefficient (Wildman–Crippen LogP) is 3.36. The van der Waals surface area contributed by atoms with Crippen molar-refractivity contribution in [1.82, 2.24) is 15.2 Å². The standard InChI is InChI=1S/C29H41FN6O4/c1-32-25-11-9-21(16-22(25)17-31)28(37)35-26(29(38)39)12-15-36(18-23(30)19-40-2)14-4-3-7-24-10-8-20-6-5-13-33-27(20)34-24/h8-11,16-17,23,26,31-32H,3-7,12-15,18-19H2,1-2H3,(H,33,34)(H,35,37)(H,38,39). The molecule has 1 aliphatic rings. The van der Waals surface area contributed by atoms with Crippen molar-refractivity contribution in [3.05, 3.63) is 52.7 Å². The van der Waals surface area contributed by atoms with E-state index >= 15 is 0 Å². The largest absolute Gasteiger partial charge is 0.480 e. The lowest BCUT2D eigenvalue weighted by Crippen LogP contribution is -2.44. The molecule has 1 amide bonds. The number of amides is 1. The summed E-state index contributed by atoms with van der Waals surface area (Å²) in [6.07, 6.45) is 4.65. The van der Waals surface area contributed by atoms with Crippen molar-refractivity contribution in [2.75, 3.05) is 57.6 Å². The first kappa shape index (κ1) is 31.0. The van der Waals surface area contributed by atoms with E-state index < -0.39 is 24.1 Å². The second kappa shape index (κ2) is 15.9. The van der Waals surface area contributed by atoms with Crippen LogP contribution in [0, 0.1) is 5.41 Å². The number of halogens is 1. The number of anilines is 2. The number of hydrogen-bond donors (Lipinski definition) is 5. The van der Waals surface area contributed by atoms with Crippen LogP contribution in [-0.2, 0) is 22.4 Å². The second-order valence-electron chi connectivity index (χ2n) is 10.0. The monoisotopic (exact) mass is 556 g/mol. The maximum Gasteiger partial charge on any atom is 0.326 e. The average Bonchev–Trinajstić information content (AvgIpc) is 2.96. The van der Waals surface area contributed by atoms with Gasteiger partial charge >= 0.3 is 5.97 Å². The number of carbonyl (C=O) groups is 2. The van der Waals surface area contributed by atoms with Crippen molar-refractivity contribution in [1.29, 1.82) is 5.41 Å². The lowest BCUT2D eigenvalue weighted by Gasteiger charge is -2.26. The van der Waals surface area contributed by atoms with Gasteiger partial charge in [0.25, 0.3) is 5.91 Å². The summed E-state index contributed by atoms with van der Waals surface area (Å²) in [6.45, 7) is 1.90. The molecule has 10 nitrogen and oxygen atoms in total. The Bertz CT molecular complexity index is 1150. The number of methoxy groups -OCH3 is 1. The molecular formula is C29H41FN6O4. The van der Waals surface area contributed by atoms with Gasteiger partial charge in [0.2, 0.25) is 0 Å². The number of carbonyl (C=O) groups excluding carboxylic acids is 1. The van der Waals surface area contributed by atoms with Crippen LogP contribution in [0.15, 0.2) is 30.3 Å². The molecule has 3 rings (SSSR count). The number of benzene rings is 1. The number of aliphatic carboxylic acids is 1. The molecule has 1 aliphatic heterocycles. The van der Waals surface area contributed by atoms with Gasteiger partial charge in [-0.15, -0.1) is 0 Å². The van der Waals surface area contributed by atoms with Gasteiger partial charge in [-0.3, -0.25) is 4.79 Å². The smallest absolute Gasteiger partial charge is 0.326 e. The summed E-state index contributed by atoms with van der Waals surface area (Å²) in [6, 6.07) is 7.83. The van der Waals surface area contributed by atoms with Gasteiger partial charge in [-0.05, 0) is 74.9 Å². The van der Waals surface area contributed by atoms with Gasteiger partial charge in [0.05, 0.1) is 6.61 Å². The number of unbranched alkanes of at least 4 members (excludes halogenated alkanes) is 1. The van der Waals surface area contributed by atoms with E-state index in [0.717, 1.165) is 56.4 Å². The number of alkyl halides is 1. The van der Waals surface area contributed by atoms with Gasteiger partial charge in [0.1, 0.15) is 18.0 Å². The van der Waals surface area contributed by atoms with Crippen molar-refractivity contribution >= 4 is 29.6 Å². The van der Waals surface area contributed by atoms with Gasteiger partial charge in [-0.2, -0.15) is 0 Å². The van der Waals surface area contributed by atoms with Gasteiger partial charge in [-0.25, -0.2) is 14.2 Å². The molecule has 11 heteroatoms. The Labute approximate surface area is 235 Å². The van der Waals surface area contributed by atoms with E-state index in [2.05, 4.69) is 28.1 Å². The van der Waals surface area contributed by atoms with E-state index in [1.807, 2.05) is 4.90 Å². The number of carboxylic acids is 1. The molecule has 2 unspecified atom stereocenters. The molecule has 2 aromatic rings. The Morgan fingerprint density at radius 3 is 2.83 bits per heavy atom. The molecule has 0 saturated heterocycles. The van der Waals surface area contributed by atoms with E-state index in [4.69, 9.17) is 15.1 Å². The predicted molar refractivity (Wildman–Crippen MR) is 155 cm³/mol. The second-order valence-corrected chi connectivity index (χ2v) is 10.0. The highest BCUT2D eigenvalue weighted by Gasteiger charge is 2.23. The molecule has 0 bridgehead atoms. The number of carboxylic acid groups (broad SMARTS) is 1. The number of fused-ring (bicyclic) bond motifs is 1. The molecule has 2 atom stereocenters. The highest BCUT2D eigenvalue weighted by atomic mass is 19.1. The highest BCUT2D eigenvalue weighted by Crippen LogP contribution is 2.20. The molecule has 0 fully saturated rings. The van der Waals surface area contributed by atoms with Gasteiger partial charge < -0.3 is 36.1 Å². The summed E-state index contributed by atoms with van der Waals surface area (Å²) in [7, 11) is 3.16. The van der Waals surface area contributed by atoms with Crippen molar-refractivity contribution in [2.45, 2.75) is 50.7 Å². The molecule has 40 heavy (non-hydrogen) atoms. The molecule has 5 N–H and O–H groups in total. The number of pyridine rings is 1. The molecule has 218 valence electrons. The first-order valence-electron chi connectivity index (χ1n) is 13.8. The third kappa shape index (κ3) is 9.27. The van der Waals surface area contributed by atoms with Crippen molar-refractivity contribution < 1.29 is 23.8 Å². The fraction of sp³-hybridized carbons (Fsp3) is 0.517. The van der Waals surface area contributed by atoms with E-state index in [9.17, 15) is 19.1 Å². The normalized spacial score (nSPS) is 14.1. The summed E-state index contributed by atoms with van der Waals surface area (Å²) < 4.78 is 19.4. The Morgan fingerprint density at radius 1 is 1.27 bits per heavy atom. The molecule has 1 aromatic carbocycles. The molecule has 0 aliphatic carbocycles. The van der Waals surface area contributed by atoms with E-state index in [1.165, 1.54) is 18.7 Å². The Balaban J connectivity index is 1.55. The molecule has 0 spiro atoms. The zero-order valence-electron chi connectivity index (χ0n) is 23.3. The molecule has 2 heterocycles. The summed E-state index contributed by atoms with van der Waals surface area (Å²) in [5.41, 5.74) is 3.73. The quantitative estimate of drug-likeness (QED) is 0.148. The lowest BCUT2D eigenvalue weighted by atomic mass is 10.1. The Hall–Kier alpha value is -3.57. The molecule has 0 radical (unpaired) electrons. The van der Waals surface area contributed by atoms with Crippen LogP contribution in [0.5, 0.6) is 0 Å². The summed E-state index contributed by atoms with van der Waals surface area (Å²) in [5.74, 6) is -0.730. The zero-order valence-corrected chi connectivity index (χ0v) is 23.3. The minimum atomic E-state index is -1.21. The van der Waals surface area contributed by atoms with Crippen molar-refractivity contribution in [3.8, 4) is 0 Å². The van der Waals surface area contributed by atoms with E-state index in [1.54, 1.807) is 19.2 Å². The number of aromatic nitrogens is 1. The Morgan fingerprint density at radius 2 is 2.10 bits per heavy atom. The number of ether oxygens (including phenoxy) is 1. The first-order chi connectivity index (χ1) is 19.3. The number of nitrogens with one attached hydrogen (secondary N) is 4. The first-order valence-corrected chi connectivity index (χ1v) is 13.8. The summed E-state index contributed by atoms with van der Waals surface area (Å²) in [5, 5.41) is 26.2. The fourth-order valence-corrected chi connectivity index (χ4v) is 4.82. The lowest BCUT2D eigenvalue weighted by molar-refractivity contribution is -0.139. The average molecular weight is 557 g/mol. The fourth-order valence-electron chi connectivity index (χ4n) is 4.82. The number of hydrogen-bond acceptors (Lipinski definition) is 8. The van der Waals surface area contributed by atoms with Gasteiger partial charge in [0, 0.05) is 62.5 Å². The topological polar surface area (TPSA) is 140 Å². The maximum absolute atomic E-state index is 14.4. The molecule has 1 aromatic heterocycles. The van der Waals surface area contributed by atoms with E-state index in [0.29, 0.717) is 24.3 Å². The summed E-state index contributed by atoms with van der Waals surface area (Å²) in [4.78, 5) is 31.4. The minimum absolute atomic E-state index is 0.0421. The number of rotatable bonds is 17. The van der Waals surface area contributed by atoms with Crippen LogP contribution in [0.3, 0.4) is 0 Å². The van der Waals surface area contributed by atoms with Crippen LogP contribution in [0.2, 0.25) is 0 Å². The number of aryl methyl sites for hydroxylation is 2. The maximum atomic E-state index is 14.4. The van der Waals surface area contributed by atoms with E-state index in [-0.39, 0.29) is 25.1 Å². The van der Waals surface area contributed by atoms with Crippen LogP contribution in [0.25, 0.3) is 0 Å². The van der Waals surface area contributed by atoms with Gasteiger partial charge in [0.15, 0.2) is 0 Å². The van der Waals surface area contributed by atoms with Crippen LogP contribution in [0.4, 0.5) is 15.9 Å². The zero-order chi connectivity index (χ0) is 28.9. The molecular weight excluding hydrogens is 515 g/mol. The SMILES string of the molecule is CNc1ccc(C(=O)NC(CCN(CCCCc2ccc3c(n2)NCCC3)CC(F)COC)C(=O)O)cc1C=N. The minimum Gasteiger partial charge on any atom is -0.480 e. The van der Waals surface area contributed by atoms with Crippen LogP contribution < -0.4 is 16.0 Å². The third-order valence-corrected chi connectivity index (χ3v) is 6.99. The van der Waals surface area contributed by atoms with Gasteiger partial charge in [-0.1, -0.05) is 6.07 Å². The van der Waals surface area contributed by atoms with Crippen molar-refractivity contribution in [3.63, 3.8) is 0 Å². The molecule has 0 saturated carbocycles. The third-order valence-electron chi connectivity index (χ3n) is 6.99.